The lowest BCUT2D eigenvalue weighted by Gasteiger charge is -2.34. The van der Waals surface area contributed by atoms with Crippen molar-refractivity contribution in [2.24, 2.45) is 0 Å². The van der Waals surface area contributed by atoms with Crippen LogP contribution in [0.3, 0.4) is 0 Å². The molecule has 0 aliphatic carbocycles. The van der Waals surface area contributed by atoms with E-state index in [4.69, 9.17) is 13.9 Å². The largest absolute Gasteiger partial charge is 0.481 e. The summed E-state index contributed by atoms with van der Waals surface area (Å²) >= 11 is 0. The molecule has 190 valence electrons. The summed E-state index contributed by atoms with van der Waals surface area (Å²) in [6, 6.07) is 5.61. The number of ether oxygens (including phenoxy) is 2. The molecule has 0 radical (unpaired) electrons. The van der Waals surface area contributed by atoms with Gasteiger partial charge in [0.05, 0.1) is 48.9 Å². The van der Waals surface area contributed by atoms with Crippen molar-refractivity contribution in [1.82, 2.24) is 30.3 Å². The lowest BCUT2D eigenvalue weighted by molar-refractivity contribution is -0.0721. The maximum absolute atomic E-state index is 11.9. The second-order valence-corrected chi connectivity index (χ2v) is 11.4. The number of H-pyrrole nitrogens is 1. The van der Waals surface area contributed by atoms with Crippen LogP contribution in [0.25, 0.3) is 33.5 Å². The number of benzene rings is 1. The van der Waals surface area contributed by atoms with Crippen molar-refractivity contribution in [3.63, 3.8) is 0 Å². The van der Waals surface area contributed by atoms with E-state index in [0.29, 0.717) is 23.9 Å². The van der Waals surface area contributed by atoms with Gasteiger partial charge in [0.2, 0.25) is 17.7 Å². The van der Waals surface area contributed by atoms with Crippen LogP contribution in [-0.4, -0.2) is 77.4 Å². The number of pyridine rings is 1. The highest BCUT2D eigenvalue weighted by Crippen LogP contribution is 2.34. The van der Waals surface area contributed by atoms with E-state index < -0.39 is 9.84 Å². The smallest absolute Gasteiger partial charge is 0.248 e. The van der Waals surface area contributed by atoms with Crippen LogP contribution < -0.4 is 4.74 Å². The highest BCUT2D eigenvalue weighted by Gasteiger charge is 2.24. The molecule has 3 aromatic heterocycles. The summed E-state index contributed by atoms with van der Waals surface area (Å²) in [5.74, 6) is 1.00. The fourth-order valence-electron chi connectivity index (χ4n) is 4.65. The molecule has 2 atom stereocenters. The molecule has 12 heteroatoms. The monoisotopic (exact) mass is 512 g/mol. The van der Waals surface area contributed by atoms with Crippen LogP contribution >= 0.6 is 0 Å². The summed E-state index contributed by atoms with van der Waals surface area (Å²) in [7, 11) is -1.82. The zero-order valence-electron chi connectivity index (χ0n) is 20.6. The van der Waals surface area contributed by atoms with E-state index in [2.05, 4.69) is 44.1 Å². The molecule has 1 aromatic carbocycles. The maximum Gasteiger partial charge on any atom is 0.248 e. The molecule has 1 aliphatic rings. The number of rotatable bonds is 7. The van der Waals surface area contributed by atoms with Gasteiger partial charge in [0.15, 0.2) is 9.84 Å². The number of fused-ring (bicyclic) bond motifs is 1. The van der Waals surface area contributed by atoms with Crippen LogP contribution in [-0.2, 0) is 26.9 Å². The number of aromatic amines is 1. The zero-order valence-corrected chi connectivity index (χ0v) is 21.4. The van der Waals surface area contributed by atoms with Gasteiger partial charge in [0.1, 0.15) is 0 Å². The Morgan fingerprint density at radius 2 is 1.89 bits per heavy atom. The molecule has 1 aliphatic heterocycles. The highest BCUT2D eigenvalue weighted by atomic mass is 32.2. The van der Waals surface area contributed by atoms with Crippen LogP contribution in [0, 0.1) is 0 Å². The van der Waals surface area contributed by atoms with E-state index in [1.165, 1.54) is 13.4 Å². The van der Waals surface area contributed by atoms with Crippen LogP contribution in [0.4, 0.5) is 0 Å². The van der Waals surface area contributed by atoms with Crippen molar-refractivity contribution in [1.29, 1.82) is 0 Å². The van der Waals surface area contributed by atoms with Gasteiger partial charge in [-0.2, -0.15) is 5.10 Å². The van der Waals surface area contributed by atoms with Crippen molar-refractivity contribution in [2.75, 3.05) is 26.5 Å². The Kier molecular flexibility index (Phi) is 6.49. The number of hydrogen-bond acceptors (Lipinski definition) is 10. The van der Waals surface area contributed by atoms with Crippen molar-refractivity contribution < 1.29 is 22.3 Å². The van der Waals surface area contributed by atoms with Gasteiger partial charge in [-0.05, 0) is 37.6 Å². The average Bonchev–Trinajstić information content (AvgIpc) is 3.46. The third kappa shape index (κ3) is 5.25. The Morgan fingerprint density at radius 3 is 2.61 bits per heavy atom. The number of morpholine rings is 1. The molecule has 1 fully saturated rings. The van der Waals surface area contributed by atoms with Gasteiger partial charge >= 0.3 is 0 Å². The standard InChI is InChI=1S/C24H28N6O5S/c1-14-10-30(11-15(2)34-14)12-22-28-29-24(35-22)19-6-16(7-21-20(19)9-26-27-21)17-5-18(13-36(4,31)32)23(33-3)25-8-17/h5-9,14-15H,10-13H2,1-4H3,(H,26,27)/t14-,15+. The third-order valence-corrected chi connectivity index (χ3v) is 6.82. The molecule has 0 saturated carbocycles. The number of nitrogens with zero attached hydrogens (tertiary/aromatic N) is 5. The quantitative estimate of drug-likeness (QED) is 0.393. The van der Waals surface area contributed by atoms with Crippen molar-refractivity contribution in [3.05, 3.63) is 42.0 Å². The zero-order chi connectivity index (χ0) is 25.4. The fourth-order valence-corrected chi connectivity index (χ4v) is 5.42. The minimum absolute atomic E-state index is 0.143. The Labute approximate surface area is 208 Å². The topological polar surface area (TPSA) is 136 Å². The molecule has 1 saturated heterocycles. The van der Waals surface area contributed by atoms with Crippen molar-refractivity contribution >= 4 is 20.7 Å². The summed E-state index contributed by atoms with van der Waals surface area (Å²) in [4.78, 5) is 6.57. The molecule has 4 heterocycles. The number of methoxy groups -OCH3 is 1. The number of aromatic nitrogens is 5. The SMILES string of the molecule is COc1ncc(-c2cc(-c3nnc(CN4C[C@@H](C)O[C@@H](C)C4)o3)c3cn[nH]c3c2)cc1CS(C)(=O)=O. The average molecular weight is 513 g/mol. The molecule has 36 heavy (non-hydrogen) atoms. The van der Waals surface area contributed by atoms with Crippen molar-refractivity contribution in [2.45, 2.75) is 38.4 Å². The van der Waals surface area contributed by atoms with E-state index >= 15 is 0 Å². The third-order valence-electron chi connectivity index (χ3n) is 5.98. The highest BCUT2D eigenvalue weighted by molar-refractivity contribution is 7.89. The lowest BCUT2D eigenvalue weighted by Crippen LogP contribution is -2.44. The fraction of sp³-hybridized carbons (Fsp3) is 0.417. The normalized spacial score (nSPS) is 19.1. The van der Waals surface area contributed by atoms with Crippen LogP contribution in [0.5, 0.6) is 5.88 Å². The Hall–Kier alpha value is -3.35. The first kappa shape index (κ1) is 24.3. The molecule has 4 aromatic rings. The van der Waals surface area contributed by atoms with Gasteiger partial charge < -0.3 is 13.9 Å². The first-order valence-corrected chi connectivity index (χ1v) is 13.6. The minimum atomic E-state index is -3.28. The van der Waals surface area contributed by atoms with Gasteiger partial charge in [-0.15, -0.1) is 10.2 Å². The van der Waals surface area contributed by atoms with E-state index in [9.17, 15) is 8.42 Å². The molecule has 1 N–H and O–H groups in total. The second kappa shape index (κ2) is 9.60. The van der Waals surface area contributed by atoms with E-state index in [1.807, 2.05) is 12.1 Å². The van der Waals surface area contributed by atoms with E-state index in [0.717, 1.165) is 40.7 Å². The van der Waals surface area contributed by atoms with E-state index in [1.54, 1.807) is 18.5 Å². The first-order chi connectivity index (χ1) is 17.2. The number of nitrogens with one attached hydrogen (secondary N) is 1. The molecular formula is C24H28N6O5S. The van der Waals surface area contributed by atoms with Crippen LogP contribution in [0.1, 0.15) is 25.3 Å². The minimum Gasteiger partial charge on any atom is -0.481 e. The molecule has 11 nitrogen and oxygen atoms in total. The van der Waals surface area contributed by atoms with Crippen LogP contribution in [0.2, 0.25) is 0 Å². The predicted molar refractivity (Wildman–Crippen MR) is 133 cm³/mol. The Morgan fingerprint density at radius 1 is 1.11 bits per heavy atom. The number of sulfone groups is 1. The van der Waals surface area contributed by atoms with Crippen LogP contribution in [0.15, 0.2) is 35.0 Å². The second-order valence-electron chi connectivity index (χ2n) is 9.27. The van der Waals surface area contributed by atoms with Gasteiger partial charge in [0.25, 0.3) is 0 Å². The maximum atomic E-state index is 11.9. The molecule has 5 rings (SSSR count). The predicted octanol–water partition coefficient (Wildman–Crippen LogP) is 2.84. The molecular weight excluding hydrogens is 484 g/mol. The number of hydrogen-bond donors (Lipinski definition) is 1. The van der Waals surface area contributed by atoms with Gasteiger partial charge in [-0.1, -0.05) is 0 Å². The first-order valence-electron chi connectivity index (χ1n) is 11.6. The Bertz CT molecular complexity index is 1490. The van der Waals surface area contributed by atoms with Gasteiger partial charge in [0, 0.05) is 42.1 Å². The Balaban J connectivity index is 1.50. The summed E-state index contributed by atoms with van der Waals surface area (Å²) in [5.41, 5.74) is 3.50. The van der Waals surface area contributed by atoms with Gasteiger partial charge in [-0.3, -0.25) is 10.00 Å². The summed E-state index contributed by atoms with van der Waals surface area (Å²) in [5, 5.41) is 16.6. The van der Waals surface area contributed by atoms with Gasteiger partial charge in [-0.25, -0.2) is 13.4 Å². The summed E-state index contributed by atoms with van der Waals surface area (Å²) < 4.78 is 41.0. The molecule has 0 amide bonds. The lowest BCUT2D eigenvalue weighted by atomic mass is 10.0. The summed E-state index contributed by atoms with van der Waals surface area (Å²) in [6.07, 6.45) is 4.82. The van der Waals surface area contributed by atoms with Crippen molar-refractivity contribution in [3.8, 4) is 28.5 Å². The molecule has 0 spiro atoms. The molecule has 0 bridgehead atoms. The molecule has 0 unspecified atom stereocenters. The van der Waals surface area contributed by atoms with E-state index in [-0.39, 0.29) is 23.8 Å². The summed E-state index contributed by atoms with van der Waals surface area (Å²) in [6.45, 7) is 6.24.